The number of unbranched alkanes of at least 4 members (excludes halogenated alkanes) is 1. The summed E-state index contributed by atoms with van der Waals surface area (Å²) in [5, 5.41) is 8.36. The molecule has 0 saturated heterocycles. The lowest BCUT2D eigenvalue weighted by atomic mass is 9.97. The Morgan fingerprint density at radius 3 is 2.47 bits per heavy atom. The molecule has 0 radical (unpaired) electrons. The van der Waals surface area contributed by atoms with Crippen molar-refractivity contribution in [1.82, 2.24) is 0 Å². The molecular formula is C13H19N3O3. The van der Waals surface area contributed by atoms with Crippen LogP contribution < -0.4 is 0 Å². The predicted octanol–water partition coefficient (Wildman–Crippen LogP) is 2.46. The largest absolute Gasteiger partial charge is 0.399 e. The number of hydrogen-bond donors (Lipinski definition) is 0. The van der Waals surface area contributed by atoms with Crippen molar-refractivity contribution in [3.63, 3.8) is 0 Å². The zero-order chi connectivity index (χ0) is 14.3. The van der Waals surface area contributed by atoms with Gasteiger partial charge in [0, 0.05) is 6.42 Å². The number of ether oxygens (including phenoxy) is 1. The number of carbonyl (C=O) groups excluding carboxylic acids is 2. The topological polar surface area (TPSA) is 91.9 Å². The molecule has 6 nitrogen and oxygen atoms in total. The Morgan fingerprint density at radius 2 is 1.84 bits per heavy atom. The van der Waals surface area contributed by atoms with Crippen molar-refractivity contribution in [1.29, 1.82) is 5.26 Å². The van der Waals surface area contributed by atoms with Crippen molar-refractivity contribution in [3.8, 4) is 6.26 Å². The summed E-state index contributed by atoms with van der Waals surface area (Å²) in [6, 6.07) is 0. The van der Waals surface area contributed by atoms with Gasteiger partial charge in [0.1, 0.15) is 0 Å². The van der Waals surface area contributed by atoms with E-state index in [0.29, 0.717) is 18.9 Å². The summed E-state index contributed by atoms with van der Waals surface area (Å²) in [5.74, 6) is 0.545. The van der Waals surface area contributed by atoms with Crippen LogP contribution >= 0.6 is 0 Å². The normalized spacial score (nSPS) is 12.4. The van der Waals surface area contributed by atoms with Crippen molar-refractivity contribution < 1.29 is 14.3 Å². The highest BCUT2D eigenvalue weighted by molar-refractivity contribution is 5.33. The number of aliphatic imine (C=N–C) groups is 2. The Balaban J connectivity index is 3.66. The van der Waals surface area contributed by atoms with Gasteiger partial charge in [0.15, 0.2) is 0 Å². The first-order valence-corrected chi connectivity index (χ1v) is 6.40. The molecule has 0 heterocycles. The van der Waals surface area contributed by atoms with Crippen molar-refractivity contribution in [3.05, 3.63) is 0 Å². The molecule has 0 amide bonds. The smallest absolute Gasteiger partial charge is 0.288 e. The summed E-state index contributed by atoms with van der Waals surface area (Å²) in [6.07, 6.45) is 9.11. The molecule has 2 unspecified atom stereocenters. The van der Waals surface area contributed by atoms with Gasteiger partial charge in [-0.25, -0.2) is 14.6 Å². The van der Waals surface area contributed by atoms with Crippen LogP contribution in [0.1, 0.15) is 45.4 Å². The van der Waals surface area contributed by atoms with Crippen LogP contribution in [0.15, 0.2) is 9.98 Å². The average molecular weight is 265 g/mol. The summed E-state index contributed by atoms with van der Waals surface area (Å²) in [7, 11) is 0. The molecule has 0 fully saturated rings. The fourth-order valence-electron chi connectivity index (χ4n) is 1.78. The van der Waals surface area contributed by atoms with Gasteiger partial charge in [-0.3, -0.25) is 0 Å². The minimum absolute atomic E-state index is 0.544. The summed E-state index contributed by atoms with van der Waals surface area (Å²) in [6.45, 7) is 2.69. The molecule has 0 spiro atoms. The van der Waals surface area contributed by atoms with E-state index >= 15 is 0 Å². The van der Waals surface area contributed by atoms with Crippen molar-refractivity contribution in [2.24, 2.45) is 15.9 Å². The van der Waals surface area contributed by atoms with E-state index in [4.69, 9.17) is 5.26 Å². The quantitative estimate of drug-likeness (QED) is 0.248. The minimum Gasteiger partial charge on any atom is -0.399 e. The lowest BCUT2D eigenvalue weighted by Gasteiger charge is -2.12. The maximum Gasteiger partial charge on any atom is 0.288 e. The van der Waals surface area contributed by atoms with Crippen molar-refractivity contribution in [2.75, 3.05) is 6.54 Å². The molecule has 0 rings (SSSR count). The molecular weight excluding hydrogens is 246 g/mol. The second-order valence-electron chi connectivity index (χ2n) is 4.39. The van der Waals surface area contributed by atoms with E-state index < -0.39 is 6.23 Å². The van der Waals surface area contributed by atoms with Crippen LogP contribution in [0.25, 0.3) is 0 Å². The first-order valence-electron chi connectivity index (χ1n) is 6.40. The van der Waals surface area contributed by atoms with Crippen LogP contribution in [0, 0.1) is 17.4 Å². The number of nitrogens with zero attached hydrogens (tertiary/aromatic N) is 3. The first-order chi connectivity index (χ1) is 9.24. The fraction of sp³-hybridized carbons (Fsp3) is 0.769. The molecule has 0 aromatic heterocycles. The summed E-state index contributed by atoms with van der Waals surface area (Å²) in [4.78, 5) is 26.8. The molecule has 0 aromatic carbocycles. The highest BCUT2D eigenvalue weighted by Crippen LogP contribution is 2.17. The summed E-state index contributed by atoms with van der Waals surface area (Å²) in [5.41, 5.74) is 0. The first kappa shape index (κ1) is 17.1. The van der Waals surface area contributed by atoms with Gasteiger partial charge < -0.3 is 4.74 Å². The lowest BCUT2D eigenvalue weighted by molar-refractivity contribution is 0.155. The van der Waals surface area contributed by atoms with Gasteiger partial charge in [0.05, 0.1) is 6.54 Å². The number of rotatable bonds is 11. The lowest BCUT2D eigenvalue weighted by Crippen LogP contribution is -2.07. The molecule has 0 aliphatic carbocycles. The standard InChI is InChI=1S/C13H19N3O3/c1-12(5-2-3-8-15-10-17)6-4-7-13(16-11-18)19-9-14/h12-13H,2-8H2,1H3. The number of nitriles is 1. The van der Waals surface area contributed by atoms with Gasteiger partial charge in [-0.05, 0) is 18.8 Å². The Hall–Kier alpha value is -1.95. The second-order valence-corrected chi connectivity index (χ2v) is 4.39. The van der Waals surface area contributed by atoms with Crippen LogP contribution in [0.2, 0.25) is 0 Å². The van der Waals surface area contributed by atoms with Gasteiger partial charge in [0.25, 0.3) is 6.26 Å². The van der Waals surface area contributed by atoms with Crippen molar-refractivity contribution >= 4 is 12.2 Å². The second kappa shape index (κ2) is 12.5. The third-order valence-corrected chi connectivity index (χ3v) is 2.81. The zero-order valence-corrected chi connectivity index (χ0v) is 11.2. The Morgan fingerprint density at radius 1 is 1.11 bits per heavy atom. The van der Waals surface area contributed by atoms with Crippen LogP contribution in [-0.2, 0) is 14.3 Å². The Bertz CT molecular complexity index is 366. The Kier molecular flexibility index (Phi) is 11.2. The SMILES string of the molecule is CC(CCCCN=C=O)CCCC(N=C=O)OC#N. The molecule has 6 heteroatoms. The van der Waals surface area contributed by atoms with Gasteiger partial charge in [-0.15, -0.1) is 0 Å². The molecule has 0 N–H and O–H groups in total. The number of isocyanates is 2. The Labute approximate surface area is 113 Å². The third-order valence-electron chi connectivity index (χ3n) is 2.81. The van der Waals surface area contributed by atoms with E-state index in [-0.39, 0.29) is 0 Å². The predicted molar refractivity (Wildman–Crippen MR) is 68.5 cm³/mol. The monoisotopic (exact) mass is 265 g/mol. The third kappa shape index (κ3) is 10.9. The molecule has 2 atom stereocenters. The highest BCUT2D eigenvalue weighted by atomic mass is 16.5. The van der Waals surface area contributed by atoms with Gasteiger partial charge in [0.2, 0.25) is 18.4 Å². The van der Waals surface area contributed by atoms with Crippen LogP contribution in [0.5, 0.6) is 0 Å². The molecule has 104 valence electrons. The highest BCUT2D eigenvalue weighted by Gasteiger charge is 2.09. The van der Waals surface area contributed by atoms with E-state index in [0.717, 1.165) is 32.1 Å². The van der Waals surface area contributed by atoms with E-state index in [1.165, 1.54) is 18.4 Å². The van der Waals surface area contributed by atoms with Gasteiger partial charge in [-0.2, -0.15) is 10.3 Å². The van der Waals surface area contributed by atoms with Crippen LogP contribution in [0.4, 0.5) is 0 Å². The van der Waals surface area contributed by atoms with E-state index in [2.05, 4.69) is 21.6 Å². The number of hydrogen-bond acceptors (Lipinski definition) is 6. The van der Waals surface area contributed by atoms with Crippen molar-refractivity contribution in [2.45, 2.75) is 51.7 Å². The fourth-order valence-corrected chi connectivity index (χ4v) is 1.78. The van der Waals surface area contributed by atoms with Gasteiger partial charge >= 0.3 is 0 Å². The maximum absolute atomic E-state index is 10.1. The molecule has 0 aliphatic rings. The average Bonchev–Trinajstić information content (AvgIpc) is 2.39. The molecule has 0 aliphatic heterocycles. The molecule has 0 aromatic rings. The molecule has 0 saturated carbocycles. The molecule has 19 heavy (non-hydrogen) atoms. The van der Waals surface area contributed by atoms with E-state index in [9.17, 15) is 9.59 Å². The zero-order valence-electron chi connectivity index (χ0n) is 11.2. The minimum atomic E-state index is -0.698. The van der Waals surface area contributed by atoms with E-state index in [1.54, 1.807) is 0 Å². The van der Waals surface area contributed by atoms with Crippen LogP contribution in [-0.4, -0.2) is 24.9 Å². The van der Waals surface area contributed by atoms with Gasteiger partial charge in [-0.1, -0.05) is 26.2 Å². The van der Waals surface area contributed by atoms with Crippen LogP contribution in [0.3, 0.4) is 0 Å². The molecule has 0 bridgehead atoms. The maximum atomic E-state index is 10.1. The summed E-state index contributed by atoms with van der Waals surface area (Å²) < 4.78 is 4.62. The summed E-state index contributed by atoms with van der Waals surface area (Å²) >= 11 is 0. The van der Waals surface area contributed by atoms with E-state index in [1.807, 2.05) is 0 Å².